The molecule has 4 nitrogen and oxygen atoms in total. The van der Waals surface area contributed by atoms with Gasteiger partial charge in [0.15, 0.2) is 5.82 Å². The summed E-state index contributed by atoms with van der Waals surface area (Å²) < 4.78 is 1.81. The van der Waals surface area contributed by atoms with Crippen molar-refractivity contribution in [2.45, 2.75) is 18.8 Å². The predicted octanol–water partition coefficient (Wildman–Crippen LogP) is 0.624. The summed E-state index contributed by atoms with van der Waals surface area (Å²) in [7, 11) is 1.94. The molecule has 76 valence electrons. The molecule has 0 N–H and O–H groups in total. The molecule has 3 fully saturated rings. The molecule has 3 saturated heterocycles. The summed E-state index contributed by atoms with van der Waals surface area (Å²) in [6.45, 7) is 3.75. The SMILES string of the molecule is Cn1cnc(C2CN3CCC2CC3)n1. The lowest BCUT2D eigenvalue weighted by molar-refractivity contribution is 0.0836. The molecule has 1 atom stereocenters. The molecule has 4 heteroatoms. The lowest BCUT2D eigenvalue weighted by atomic mass is 9.79. The average Bonchev–Trinajstić information content (AvgIpc) is 2.66. The monoisotopic (exact) mass is 192 g/mol. The largest absolute Gasteiger partial charge is 0.303 e. The first-order valence-electron chi connectivity index (χ1n) is 5.41. The second-order valence-electron chi connectivity index (χ2n) is 4.52. The topological polar surface area (TPSA) is 34.0 Å². The van der Waals surface area contributed by atoms with Crippen LogP contribution < -0.4 is 0 Å². The van der Waals surface area contributed by atoms with Gasteiger partial charge in [0.2, 0.25) is 0 Å². The average molecular weight is 192 g/mol. The maximum absolute atomic E-state index is 4.43. The van der Waals surface area contributed by atoms with E-state index in [0.717, 1.165) is 11.7 Å². The van der Waals surface area contributed by atoms with E-state index in [2.05, 4.69) is 15.0 Å². The molecule has 0 aliphatic carbocycles. The first kappa shape index (κ1) is 8.41. The predicted molar refractivity (Wildman–Crippen MR) is 52.9 cm³/mol. The third-order valence-corrected chi connectivity index (χ3v) is 3.61. The van der Waals surface area contributed by atoms with Crippen molar-refractivity contribution in [1.29, 1.82) is 0 Å². The molecule has 1 aromatic rings. The standard InChI is InChI=1S/C10H16N4/c1-13-7-11-10(12-13)9-6-14-4-2-8(9)3-5-14/h7-9H,2-6H2,1H3. The highest BCUT2D eigenvalue weighted by atomic mass is 15.3. The summed E-state index contributed by atoms with van der Waals surface area (Å²) in [5.74, 6) is 2.49. The molecule has 3 aliphatic rings. The summed E-state index contributed by atoms with van der Waals surface area (Å²) >= 11 is 0. The van der Waals surface area contributed by atoms with Crippen LogP contribution in [0.2, 0.25) is 0 Å². The highest BCUT2D eigenvalue weighted by molar-refractivity contribution is 5.03. The van der Waals surface area contributed by atoms with Gasteiger partial charge in [-0.05, 0) is 31.8 Å². The van der Waals surface area contributed by atoms with Gasteiger partial charge in [-0.1, -0.05) is 0 Å². The van der Waals surface area contributed by atoms with Gasteiger partial charge in [0.25, 0.3) is 0 Å². The molecule has 4 heterocycles. The molecule has 14 heavy (non-hydrogen) atoms. The second kappa shape index (κ2) is 3.05. The molecule has 0 aromatic carbocycles. The quantitative estimate of drug-likeness (QED) is 0.654. The van der Waals surface area contributed by atoms with Crippen LogP contribution in [0.25, 0.3) is 0 Å². The smallest absolute Gasteiger partial charge is 0.155 e. The zero-order valence-electron chi connectivity index (χ0n) is 8.56. The highest BCUT2D eigenvalue weighted by Gasteiger charge is 2.36. The van der Waals surface area contributed by atoms with Crippen LogP contribution in [-0.2, 0) is 7.05 Å². The van der Waals surface area contributed by atoms with Gasteiger partial charge in [-0.15, -0.1) is 0 Å². The molecule has 0 amide bonds. The van der Waals surface area contributed by atoms with Crippen molar-refractivity contribution in [2.75, 3.05) is 19.6 Å². The summed E-state index contributed by atoms with van der Waals surface area (Å²) in [5, 5.41) is 4.43. The Morgan fingerprint density at radius 1 is 1.36 bits per heavy atom. The maximum Gasteiger partial charge on any atom is 0.155 e. The van der Waals surface area contributed by atoms with Crippen LogP contribution >= 0.6 is 0 Å². The van der Waals surface area contributed by atoms with E-state index in [-0.39, 0.29) is 0 Å². The molecule has 2 bridgehead atoms. The van der Waals surface area contributed by atoms with Crippen LogP contribution in [0.15, 0.2) is 6.33 Å². The molecule has 0 saturated carbocycles. The Morgan fingerprint density at radius 3 is 2.64 bits per heavy atom. The Labute approximate surface area is 83.9 Å². The molecular weight excluding hydrogens is 176 g/mol. The van der Waals surface area contributed by atoms with E-state index in [0.29, 0.717) is 5.92 Å². The first-order valence-corrected chi connectivity index (χ1v) is 5.41. The van der Waals surface area contributed by atoms with Crippen LogP contribution in [0.3, 0.4) is 0 Å². The van der Waals surface area contributed by atoms with Crippen molar-refractivity contribution in [3.8, 4) is 0 Å². The number of fused-ring (bicyclic) bond motifs is 3. The molecular formula is C10H16N4. The zero-order valence-corrected chi connectivity index (χ0v) is 8.56. The van der Waals surface area contributed by atoms with Gasteiger partial charge in [-0.3, -0.25) is 4.68 Å². The zero-order chi connectivity index (χ0) is 9.54. The lowest BCUT2D eigenvalue weighted by Gasteiger charge is -2.43. The minimum Gasteiger partial charge on any atom is -0.303 e. The number of aromatic nitrogens is 3. The van der Waals surface area contributed by atoms with Gasteiger partial charge < -0.3 is 4.90 Å². The van der Waals surface area contributed by atoms with E-state index >= 15 is 0 Å². The molecule has 1 aromatic heterocycles. The summed E-state index contributed by atoms with van der Waals surface area (Å²) in [5.41, 5.74) is 0. The fourth-order valence-corrected chi connectivity index (χ4v) is 2.78. The van der Waals surface area contributed by atoms with Gasteiger partial charge in [-0.2, -0.15) is 5.10 Å². The van der Waals surface area contributed by atoms with Crippen molar-refractivity contribution in [3.05, 3.63) is 12.2 Å². The molecule has 0 radical (unpaired) electrons. The number of rotatable bonds is 1. The van der Waals surface area contributed by atoms with Crippen LogP contribution in [0, 0.1) is 5.92 Å². The van der Waals surface area contributed by atoms with E-state index in [9.17, 15) is 0 Å². The Morgan fingerprint density at radius 2 is 2.14 bits per heavy atom. The number of aryl methyl sites for hydroxylation is 1. The van der Waals surface area contributed by atoms with Crippen molar-refractivity contribution in [3.63, 3.8) is 0 Å². The van der Waals surface area contributed by atoms with Crippen molar-refractivity contribution < 1.29 is 0 Å². The maximum atomic E-state index is 4.43. The van der Waals surface area contributed by atoms with Gasteiger partial charge in [0, 0.05) is 19.5 Å². The Bertz CT molecular complexity index is 325. The molecule has 0 spiro atoms. The minimum atomic E-state index is 0.596. The van der Waals surface area contributed by atoms with Crippen LogP contribution in [0.1, 0.15) is 24.6 Å². The summed E-state index contributed by atoms with van der Waals surface area (Å²) in [6.07, 6.45) is 4.48. The Kier molecular flexibility index (Phi) is 1.83. The van der Waals surface area contributed by atoms with Gasteiger partial charge >= 0.3 is 0 Å². The van der Waals surface area contributed by atoms with Crippen LogP contribution in [0.4, 0.5) is 0 Å². The fourth-order valence-electron chi connectivity index (χ4n) is 2.78. The molecule has 1 unspecified atom stereocenters. The Balaban J connectivity index is 1.85. The number of hydrogen-bond donors (Lipinski definition) is 0. The number of piperidine rings is 3. The second-order valence-corrected chi connectivity index (χ2v) is 4.52. The summed E-state index contributed by atoms with van der Waals surface area (Å²) in [4.78, 5) is 6.93. The third-order valence-electron chi connectivity index (χ3n) is 3.61. The van der Waals surface area contributed by atoms with Gasteiger partial charge in [-0.25, -0.2) is 4.98 Å². The first-order chi connectivity index (χ1) is 6.83. The van der Waals surface area contributed by atoms with Crippen LogP contribution in [-0.4, -0.2) is 39.3 Å². The minimum absolute atomic E-state index is 0.596. The number of hydrogen-bond acceptors (Lipinski definition) is 3. The van der Waals surface area contributed by atoms with E-state index in [1.807, 2.05) is 18.1 Å². The lowest BCUT2D eigenvalue weighted by Crippen LogP contribution is -2.46. The van der Waals surface area contributed by atoms with Crippen molar-refractivity contribution >= 4 is 0 Å². The fraction of sp³-hybridized carbons (Fsp3) is 0.800. The summed E-state index contributed by atoms with van der Waals surface area (Å²) in [6, 6.07) is 0. The van der Waals surface area contributed by atoms with Gasteiger partial charge in [0.05, 0.1) is 0 Å². The molecule has 4 rings (SSSR count). The van der Waals surface area contributed by atoms with Crippen molar-refractivity contribution in [2.24, 2.45) is 13.0 Å². The van der Waals surface area contributed by atoms with E-state index < -0.39 is 0 Å². The third kappa shape index (κ3) is 1.25. The highest BCUT2D eigenvalue weighted by Crippen LogP contribution is 2.37. The van der Waals surface area contributed by atoms with Gasteiger partial charge in [0.1, 0.15) is 6.33 Å². The van der Waals surface area contributed by atoms with Crippen molar-refractivity contribution in [1.82, 2.24) is 19.7 Å². The Hall–Kier alpha value is -0.900. The normalized spacial score (nSPS) is 36.2. The van der Waals surface area contributed by atoms with E-state index in [1.165, 1.54) is 32.5 Å². The number of nitrogens with zero attached hydrogens (tertiary/aromatic N) is 4. The van der Waals surface area contributed by atoms with E-state index in [1.54, 1.807) is 0 Å². The van der Waals surface area contributed by atoms with E-state index in [4.69, 9.17) is 0 Å². The van der Waals surface area contributed by atoms with Crippen LogP contribution in [0.5, 0.6) is 0 Å². The molecule has 3 aliphatic heterocycles.